The van der Waals surface area contributed by atoms with Gasteiger partial charge in [0.25, 0.3) is 0 Å². The van der Waals surface area contributed by atoms with Gasteiger partial charge in [-0.05, 0) is 48.9 Å². The Kier molecular flexibility index (Phi) is 4.70. The summed E-state index contributed by atoms with van der Waals surface area (Å²) >= 11 is 11.9. The Hall–Kier alpha value is -1.78. The number of aliphatic carboxylic acids is 1. The largest absolute Gasteiger partial charge is 0.479 e. The number of aryl methyl sites for hydroxylation is 1. The van der Waals surface area contributed by atoms with Crippen LogP contribution in [0.1, 0.15) is 17.2 Å². The number of hydrogen-bond donors (Lipinski definition) is 2. The van der Waals surface area contributed by atoms with Crippen molar-refractivity contribution in [2.24, 2.45) is 0 Å². The molecule has 2 aromatic carbocycles. The van der Waals surface area contributed by atoms with E-state index in [1.165, 1.54) is 24.3 Å². The third kappa shape index (κ3) is 3.86. The quantitative estimate of drug-likeness (QED) is 0.857. The zero-order valence-electron chi connectivity index (χ0n) is 11.0. The minimum absolute atomic E-state index is 0.271. The summed E-state index contributed by atoms with van der Waals surface area (Å²) in [5, 5.41) is 12.8. The van der Waals surface area contributed by atoms with E-state index in [2.05, 4.69) is 5.32 Å². The lowest BCUT2D eigenvalue weighted by Crippen LogP contribution is -2.21. The molecule has 0 heterocycles. The van der Waals surface area contributed by atoms with Crippen LogP contribution in [0.2, 0.25) is 10.0 Å². The molecule has 0 aliphatic carbocycles. The lowest BCUT2D eigenvalue weighted by atomic mass is 10.1. The second kappa shape index (κ2) is 6.33. The van der Waals surface area contributed by atoms with E-state index < -0.39 is 17.8 Å². The highest BCUT2D eigenvalue weighted by Crippen LogP contribution is 2.29. The number of rotatable bonds is 4. The molecule has 0 spiro atoms. The SMILES string of the molecule is Cc1cc(F)cc(NC(C(=O)O)c2cc(Cl)ccc2Cl)c1. The molecule has 0 saturated heterocycles. The van der Waals surface area contributed by atoms with Crippen LogP contribution in [-0.4, -0.2) is 11.1 Å². The molecule has 6 heteroatoms. The van der Waals surface area contributed by atoms with Gasteiger partial charge in [-0.2, -0.15) is 0 Å². The van der Waals surface area contributed by atoms with Crippen molar-refractivity contribution < 1.29 is 14.3 Å². The fraction of sp³-hybridized carbons (Fsp3) is 0.133. The molecule has 2 N–H and O–H groups in total. The first-order valence-corrected chi connectivity index (χ1v) is 6.84. The zero-order valence-corrected chi connectivity index (χ0v) is 12.5. The van der Waals surface area contributed by atoms with E-state index in [1.54, 1.807) is 19.1 Å². The van der Waals surface area contributed by atoms with Gasteiger partial charge >= 0.3 is 5.97 Å². The topological polar surface area (TPSA) is 49.3 Å². The van der Waals surface area contributed by atoms with Crippen molar-refractivity contribution in [1.82, 2.24) is 0 Å². The van der Waals surface area contributed by atoms with Crippen LogP contribution in [0.15, 0.2) is 36.4 Å². The summed E-state index contributed by atoms with van der Waals surface area (Å²) < 4.78 is 13.4. The molecule has 0 saturated carbocycles. The summed E-state index contributed by atoms with van der Waals surface area (Å²) in [6.45, 7) is 1.72. The lowest BCUT2D eigenvalue weighted by Gasteiger charge is -2.18. The number of carbonyl (C=O) groups is 1. The Morgan fingerprint density at radius 3 is 2.57 bits per heavy atom. The molecule has 3 nitrogen and oxygen atoms in total. The normalized spacial score (nSPS) is 12.0. The van der Waals surface area contributed by atoms with Gasteiger partial charge in [-0.15, -0.1) is 0 Å². The predicted molar refractivity (Wildman–Crippen MR) is 81.6 cm³/mol. The smallest absolute Gasteiger partial charge is 0.330 e. The monoisotopic (exact) mass is 327 g/mol. The number of carboxylic acids is 1. The number of halogens is 3. The van der Waals surface area contributed by atoms with Crippen LogP contribution >= 0.6 is 23.2 Å². The molecule has 2 aromatic rings. The molecule has 1 unspecified atom stereocenters. The van der Waals surface area contributed by atoms with E-state index in [-0.39, 0.29) is 5.02 Å². The third-order valence-corrected chi connectivity index (χ3v) is 3.45. The molecule has 0 bridgehead atoms. The van der Waals surface area contributed by atoms with Crippen LogP contribution < -0.4 is 5.32 Å². The first kappa shape index (κ1) is 15.6. The summed E-state index contributed by atoms with van der Waals surface area (Å²) in [5.74, 6) is -1.58. The minimum Gasteiger partial charge on any atom is -0.479 e. The van der Waals surface area contributed by atoms with Gasteiger partial charge in [0, 0.05) is 21.3 Å². The first-order chi connectivity index (χ1) is 9.86. The maximum Gasteiger partial charge on any atom is 0.330 e. The molecule has 21 heavy (non-hydrogen) atoms. The number of carboxylic acid groups (broad SMARTS) is 1. The second-order valence-corrected chi connectivity index (χ2v) is 5.44. The van der Waals surface area contributed by atoms with E-state index >= 15 is 0 Å². The Labute approximate surface area is 131 Å². The highest BCUT2D eigenvalue weighted by atomic mass is 35.5. The molecule has 0 fully saturated rings. The maximum absolute atomic E-state index is 13.4. The molecule has 0 amide bonds. The van der Waals surface area contributed by atoms with Crippen molar-refractivity contribution in [3.8, 4) is 0 Å². The van der Waals surface area contributed by atoms with Crippen LogP contribution in [0, 0.1) is 12.7 Å². The minimum atomic E-state index is -1.14. The standard InChI is InChI=1S/C15H12Cl2FNO2/c1-8-4-10(18)7-11(5-8)19-14(15(20)21)12-6-9(16)2-3-13(12)17/h2-7,14,19H,1H3,(H,20,21). The lowest BCUT2D eigenvalue weighted by molar-refractivity contribution is -0.138. The first-order valence-electron chi connectivity index (χ1n) is 6.08. The number of nitrogens with one attached hydrogen (secondary N) is 1. The van der Waals surface area contributed by atoms with Crippen LogP contribution in [0.5, 0.6) is 0 Å². The summed E-state index contributed by atoms with van der Waals surface area (Å²) in [6.07, 6.45) is 0. The van der Waals surface area contributed by atoms with Crippen molar-refractivity contribution >= 4 is 34.9 Å². The van der Waals surface area contributed by atoms with Gasteiger partial charge in [0.15, 0.2) is 6.04 Å². The van der Waals surface area contributed by atoms with Gasteiger partial charge in [-0.25, -0.2) is 9.18 Å². The van der Waals surface area contributed by atoms with Crippen LogP contribution in [0.25, 0.3) is 0 Å². The van der Waals surface area contributed by atoms with Gasteiger partial charge in [0.2, 0.25) is 0 Å². The maximum atomic E-state index is 13.4. The van der Waals surface area contributed by atoms with Crippen molar-refractivity contribution in [3.63, 3.8) is 0 Å². The van der Waals surface area contributed by atoms with E-state index in [0.29, 0.717) is 21.8 Å². The number of anilines is 1. The fourth-order valence-corrected chi connectivity index (χ4v) is 2.40. The van der Waals surface area contributed by atoms with Gasteiger partial charge < -0.3 is 10.4 Å². The average molecular weight is 328 g/mol. The van der Waals surface area contributed by atoms with Crippen molar-refractivity contribution in [2.45, 2.75) is 13.0 Å². The van der Waals surface area contributed by atoms with Gasteiger partial charge in [-0.3, -0.25) is 0 Å². The molecule has 0 aliphatic rings. The average Bonchev–Trinajstić information content (AvgIpc) is 2.37. The molecule has 0 aliphatic heterocycles. The van der Waals surface area contributed by atoms with E-state index in [0.717, 1.165) is 0 Å². The van der Waals surface area contributed by atoms with Crippen LogP contribution in [0.4, 0.5) is 10.1 Å². The van der Waals surface area contributed by atoms with Crippen molar-refractivity contribution in [2.75, 3.05) is 5.32 Å². The number of benzene rings is 2. The molecule has 2 rings (SSSR count). The van der Waals surface area contributed by atoms with E-state index in [1.807, 2.05) is 0 Å². The number of hydrogen-bond acceptors (Lipinski definition) is 2. The highest BCUT2D eigenvalue weighted by Gasteiger charge is 2.23. The zero-order chi connectivity index (χ0) is 15.6. The Morgan fingerprint density at radius 2 is 1.95 bits per heavy atom. The predicted octanol–water partition coefficient (Wildman–Crippen LogP) is 4.68. The molecule has 0 aromatic heterocycles. The Morgan fingerprint density at radius 1 is 1.24 bits per heavy atom. The molecular formula is C15H12Cl2FNO2. The van der Waals surface area contributed by atoms with Gasteiger partial charge in [-0.1, -0.05) is 23.2 Å². The van der Waals surface area contributed by atoms with E-state index in [4.69, 9.17) is 23.2 Å². The van der Waals surface area contributed by atoms with Crippen molar-refractivity contribution in [3.05, 3.63) is 63.4 Å². The summed E-state index contributed by atoms with van der Waals surface area (Å²) in [6, 6.07) is 7.66. The molecule has 0 radical (unpaired) electrons. The molecular weight excluding hydrogens is 316 g/mol. The Balaban J connectivity index is 2.40. The fourth-order valence-electron chi connectivity index (χ4n) is 1.99. The van der Waals surface area contributed by atoms with Crippen molar-refractivity contribution in [1.29, 1.82) is 0 Å². The third-order valence-electron chi connectivity index (χ3n) is 2.87. The van der Waals surface area contributed by atoms with Gasteiger partial charge in [0.05, 0.1) is 0 Å². The molecule has 1 atom stereocenters. The van der Waals surface area contributed by atoms with E-state index in [9.17, 15) is 14.3 Å². The summed E-state index contributed by atoms with van der Waals surface area (Å²) in [7, 11) is 0. The highest BCUT2D eigenvalue weighted by molar-refractivity contribution is 6.33. The van der Waals surface area contributed by atoms with Crippen LogP contribution in [-0.2, 0) is 4.79 Å². The van der Waals surface area contributed by atoms with Crippen LogP contribution in [0.3, 0.4) is 0 Å². The second-order valence-electron chi connectivity index (χ2n) is 4.60. The summed E-state index contributed by atoms with van der Waals surface area (Å²) in [5.41, 5.74) is 1.35. The summed E-state index contributed by atoms with van der Waals surface area (Å²) in [4.78, 5) is 11.5. The van der Waals surface area contributed by atoms with Gasteiger partial charge in [0.1, 0.15) is 5.82 Å². The molecule has 110 valence electrons. The Bertz CT molecular complexity index is 671.